The van der Waals surface area contributed by atoms with E-state index in [1.165, 1.54) is 5.56 Å². The van der Waals surface area contributed by atoms with Crippen molar-refractivity contribution in [2.75, 3.05) is 24.3 Å². The second kappa shape index (κ2) is 5.98. The molecule has 0 aliphatic heterocycles. The Kier molecular flexibility index (Phi) is 4.33. The van der Waals surface area contributed by atoms with E-state index in [-0.39, 0.29) is 6.04 Å². The lowest BCUT2D eigenvalue weighted by atomic mass is 10.1. The zero-order chi connectivity index (χ0) is 13.8. The van der Waals surface area contributed by atoms with Gasteiger partial charge in [-0.15, -0.1) is 0 Å². The highest BCUT2D eigenvalue weighted by Crippen LogP contribution is 2.29. The number of benzene rings is 2. The molecule has 0 fully saturated rings. The van der Waals surface area contributed by atoms with E-state index in [1.807, 2.05) is 37.2 Å². The number of rotatable bonds is 4. The van der Waals surface area contributed by atoms with Crippen LogP contribution in [0.2, 0.25) is 5.02 Å². The maximum atomic E-state index is 6.27. The van der Waals surface area contributed by atoms with Crippen LogP contribution in [0.1, 0.15) is 18.5 Å². The molecule has 0 aliphatic rings. The normalized spacial score (nSPS) is 12.0. The van der Waals surface area contributed by atoms with E-state index in [4.69, 9.17) is 11.6 Å². The predicted molar refractivity (Wildman–Crippen MR) is 84.3 cm³/mol. The molecule has 0 bridgehead atoms. The van der Waals surface area contributed by atoms with Gasteiger partial charge in [-0.1, -0.05) is 41.9 Å². The molecule has 0 aliphatic carbocycles. The second-order valence-electron chi connectivity index (χ2n) is 4.84. The smallest absolute Gasteiger partial charge is 0.0659 e. The Labute approximate surface area is 120 Å². The number of nitrogens with one attached hydrogen (secondary N) is 1. The van der Waals surface area contributed by atoms with Crippen molar-refractivity contribution in [2.45, 2.75) is 13.0 Å². The Bertz CT molecular complexity index is 538. The summed E-state index contributed by atoms with van der Waals surface area (Å²) >= 11 is 6.27. The lowest BCUT2D eigenvalue weighted by Gasteiger charge is -2.19. The van der Waals surface area contributed by atoms with Crippen LogP contribution in [0.5, 0.6) is 0 Å². The van der Waals surface area contributed by atoms with Gasteiger partial charge in [-0.05, 0) is 30.7 Å². The Morgan fingerprint density at radius 2 is 1.74 bits per heavy atom. The van der Waals surface area contributed by atoms with Gasteiger partial charge >= 0.3 is 0 Å². The van der Waals surface area contributed by atoms with E-state index >= 15 is 0 Å². The molecule has 2 nitrogen and oxygen atoms in total. The highest BCUT2D eigenvalue weighted by Gasteiger charge is 2.07. The Morgan fingerprint density at radius 3 is 2.32 bits per heavy atom. The van der Waals surface area contributed by atoms with Crippen molar-refractivity contribution >= 4 is 23.0 Å². The summed E-state index contributed by atoms with van der Waals surface area (Å²) in [6.45, 7) is 2.14. The first-order valence-corrected chi connectivity index (χ1v) is 6.74. The number of halogens is 1. The van der Waals surface area contributed by atoms with Crippen LogP contribution in [-0.2, 0) is 0 Å². The van der Waals surface area contributed by atoms with E-state index < -0.39 is 0 Å². The maximum Gasteiger partial charge on any atom is 0.0659 e. The minimum atomic E-state index is 0.252. The first kappa shape index (κ1) is 13.8. The summed E-state index contributed by atoms with van der Waals surface area (Å²) in [5, 5.41) is 4.22. The highest BCUT2D eigenvalue weighted by molar-refractivity contribution is 6.33. The summed E-state index contributed by atoms with van der Waals surface area (Å²) in [4.78, 5) is 2.01. The fraction of sp³-hybridized carbons (Fsp3) is 0.250. The lowest BCUT2D eigenvalue weighted by Crippen LogP contribution is -2.10. The van der Waals surface area contributed by atoms with Crippen molar-refractivity contribution < 1.29 is 0 Å². The largest absolute Gasteiger partial charge is 0.378 e. The average molecular weight is 275 g/mol. The van der Waals surface area contributed by atoms with E-state index in [2.05, 4.69) is 42.6 Å². The summed E-state index contributed by atoms with van der Waals surface area (Å²) in [5.74, 6) is 0. The van der Waals surface area contributed by atoms with Crippen molar-refractivity contribution in [2.24, 2.45) is 0 Å². The molecule has 0 spiro atoms. The Morgan fingerprint density at radius 1 is 1.05 bits per heavy atom. The van der Waals surface area contributed by atoms with E-state index in [0.29, 0.717) is 0 Å². The molecule has 1 unspecified atom stereocenters. The third kappa shape index (κ3) is 3.42. The zero-order valence-electron chi connectivity index (χ0n) is 11.5. The van der Waals surface area contributed by atoms with Gasteiger partial charge in [0.1, 0.15) is 0 Å². The quantitative estimate of drug-likeness (QED) is 0.878. The molecule has 1 atom stereocenters. The van der Waals surface area contributed by atoms with Crippen LogP contribution in [0.3, 0.4) is 0 Å². The van der Waals surface area contributed by atoms with E-state index in [0.717, 1.165) is 16.4 Å². The molecule has 19 heavy (non-hydrogen) atoms. The van der Waals surface area contributed by atoms with Crippen LogP contribution < -0.4 is 10.2 Å². The van der Waals surface area contributed by atoms with Crippen LogP contribution in [0.15, 0.2) is 48.5 Å². The van der Waals surface area contributed by atoms with Crippen LogP contribution in [0.4, 0.5) is 11.4 Å². The van der Waals surface area contributed by atoms with Gasteiger partial charge in [-0.2, -0.15) is 0 Å². The SMILES string of the molecule is CC(Nc1ccc(N(C)C)c(Cl)c1)c1ccccc1. The van der Waals surface area contributed by atoms with Gasteiger partial charge in [-0.25, -0.2) is 0 Å². The van der Waals surface area contributed by atoms with E-state index in [9.17, 15) is 0 Å². The van der Waals surface area contributed by atoms with Crippen LogP contribution >= 0.6 is 11.6 Å². The summed E-state index contributed by atoms with van der Waals surface area (Å²) in [7, 11) is 3.97. The van der Waals surface area contributed by atoms with Gasteiger partial charge in [0.2, 0.25) is 0 Å². The fourth-order valence-electron chi connectivity index (χ4n) is 2.03. The molecule has 0 aromatic heterocycles. The summed E-state index contributed by atoms with van der Waals surface area (Å²) < 4.78 is 0. The average Bonchev–Trinajstić information content (AvgIpc) is 2.39. The minimum absolute atomic E-state index is 0.252. The molecule has 2 aromatic rings. The molecule has 0 saturated heterocycles. The fourth-order valence-corrected chi connectivity index (χ4v) is 2.38. The van der Waals surface area contributed by atoms with Gasteiger partial charge in [-0.3, -0.25) is 0 Å². The molecule has 0 amide bonds. The van der Waals surface area contributed by atoms with Crippen LogP contribution in [0, 0.1) is 0 Å². The van der Waals surface area contributed by atoms with Gasteiger partial charge in [0.25, 0.3) is 0 Å². The summed E-state index contributed by atoms with van der Waals surface area (Å²) in [6, 6.07) is 16.7. The van der Waals surface area contributed by atoms with Crippen molar-refractivity contribution in [3.8, 4) is 0 Å². The number of nitrogens with zero attached hydrogens (tertiary/aromatic N) is 1. The lowest BCUT2D eigenvalue weighted by molar-refractivity contribution is 0.885. The van der Waals surface area contributed by atoms with Gasteiger partial charge in [0.15, 0.2) is 0 Å². The molecule has 3 heteroatoms. The number of hydrogen-bond donors (Lipinski definition) is 1. The Balaban J connectivity index is 2.14. The zero-order valence-corrected chi connectivity index (χ0v) is 12.3. The molecule has 1 N–H and O–H groups in total. The summed E-state index contributed by atoms with van der Waals surface area (Å²) in [5.41, 5.74) is 3.32. The predicted octanol–water partition coefficient (Wildman–Crippen LogP) is 4.58. The van der Waals surface area contributed by atoms with Gasteiger partial charge in [0.05, 0.1) is 10.7 Å². The molecule has 0 saturated carbocycles. The summed E-state index contributed by atoms with van der Waals surface area (Å²) in [6.07, 6.45) is 0. The maximum absolute atomic E-state index is 6.27. The van der Waals surface area contributed by atoms with Crippen molar-refractivity contribution in [3.05, 3.63) is 59.1 Å². The van der Waals surface area contributed by atoms with Crippen molar-refractivity contribution in [1.29, 1.82) is 0 Å². The molecular formula is C16H19ClN2. The van der Waals surface area contributed by atoms with E-state index in [1.54, 1.807) is 0 Å². The van der Waals surface area contributed by atoms with Crippen LogP contribution in [-0.4, -0.2) is 14.1 Å². The minimum Gasteiger partial charge on any atom is -0.378 e. The third-order valence-electron chi connectivity index (χ3n) is 3.11. The first-order chi connectivity index (χ1) is 9.08. The highest BCUT2D eigenvalue weighted by atomic mass is 35.5. The molecule has 100 valence electrons. The topological polar surface area (TPSA) is 15.3 Å². The first-order valence-electron chi connectivity index (χ1n) is 6.36. The number of hydrogen-bond acceptors (Lipinski definition) is 2. The third-order valence-corrected chi connectivity index (χ3v) is 3.41. The molecule has 0 radical (unpaired) electrons. The molecule has 2 aromatic carbocycles. The molecule has 2 rings (SSSR count). The number of anilines is 2. The second-order valence-corrected chi connectivity index (χ2v) is 5.24. The van der Waals surface area contributed by atoms with Crippen molar-refractivity contribution in [1.82, 2.24) is 0 Å². The monoisotopic (exact) mass is 274 g/mol. The molecule has 0 heterocycles. The van der Waals surface area contributed by atoms with Crippen molar-refractivity contribution in [3.63, 3.8) is 0 Å². The van der Waals surface area contributed by atoms with Gasteiger partial charge in [0, 0.05) is 25.8 Å². The standard InChI is InChI=1S/C16H19ClN2/c1-12(13-7-5-4-6-8-13)18-14-9-10-16(19(2)3)15(17)11-14/h4-12,18H,1-3H3. The van der Waals surface area contributed by atoms with Crippen LogP contribution in [0.25, 0.3) is 0 Å². The Hall–Kier alpha value is -1.67. The molecular weight excluding hydrogens is 256 g/mol. The van der Waals surface area contributed by atoms with Gasteiger partial charge < -0.3 is 10.2 Å².